The molecule has 1 fully saturated rings. The van der Waals surface area contributed by atoms with Crippen LogP contribution in [0.25, 0.3) is 0 Å². The lowest BCUT2D eigenvalue weighted by Crippen LogP contribution is -2.25. The number of esters is 1. The van der Waals surface area contributed by atoms with Gasteiger partial charge in [-0.05, 0) is 53.2 Å². The Balaban J connectivity index is 2.05. The number of ether oxygens (including phenoxy) is 1. The number of hydrogen-bond donors (Lipinski definition) is 1. The number of carbonyl (C=O) groups excluding carboxylic acids is 1. The van der Waals surface area contributed by atoms with E-state index < -0.39 is 0 Å². The van der Waals surface area contributed by atoms with Gasteiger partial charge in [0, 0.05) is 4.47 Å². The minimum atomic E-state index is -0.312. The number of hydrogen-bond acceptors (Lipinski definition) is 3. The molecule has 18 heavy (non-hydrogen) atoms. The summed E-state index contributed by atoms with van der Waals surface area (Å²) in [6.45, 7) is 2.20. The van der Waals surface area contributed by atoms with Gasteiger partial charge in [0.05, 0.1) is 11.3 Å². The van der Waals surface area contributed by atoms with Crippen molar-refractivity contribution in [2.24, 2.45) is 5.92 Å². The minimum Gasteiger partial charge on any atom is -0.459 e. The summed E-state index contributed by atoms with van der Waals surface area (Å²) in [5.74, 6) is 0.323. The molecule has 0 saturated heterocycles. The Labute approximate surface area is 116 Å². The van der Waals surface area contributed by atoms with E-state index in [1.807, 2.05) is 6.07 Å². The maximum atomic E-state index is 12.1. The fourth-order valence-corrected chi connectivity index (χ4v) is 2.78. The molecule has 0 radical (unpaired) electrons. The second kappa shape index (κ2) is 5.74. The molecule has 2 unspecified atom stereocenters. The molecule has 0 aliphatic heterocycles. The summed E-state index contributed by atoms with van der Waals surface area (Å²) < 4.78 is 6.27. The minimum absolute atomic E-state index is 0.0413. The van der Waals surface area contributed by atoms with Crippen LogP contribution in [-0.2, 0) is 4.74 Å². The number of carbonyl (C=O) groups is 1. The number of para-hydroxylation sites is 1. The fraction of sp³-hybridized carbons (Fsp3) is 0.500. The van der Waals surface area contributed by atoms with Crippen molar-refractivity contribution in [2.45, 2.75) is 38.7 Å². The Bertz CT molecular complexity index is 447. The van der Waals surface area contributed by atoms with Crippen molar-refractivity contribution in [3.05, 3.63) is 28.2 Å². The highest BCUT2D eigenvalue weighted by molar-refractivity contribution is 9.10. The van der Waals surface area contributed by atoms with Gasteiger partial charge in [-0.3, -0.25) is 0 Å². The number of anilines is 1. The lowest BCUT2D eigenvalue weighted by Gasteiger charge is -2.26. The highest BCUT2D eigenvalue weighted by Gasteiger charge is 2.23. The summed E-state index contributed by atoms with van der Waals surface area (Å²) >= 11 is 3.32. The molecule has 0 heterocycles. The highest BCUT2D eigenvalue weighted by Crippen LogP contribution is 2.28. The van der Waals surface area contributed by atoms with Gasteiger partial charge in [0.2, 0.25) is 0 Å². The predicted octanol–water partition coefficient (Wildman–Crippen LogP) is 3.77. The van der Waals surface area contributed by atoms with Crippen molar-refractivity contribution < 1.29 is 9.53 Å². The van der Waals surface area contributed by atoms with E-state index in [-0.39, 0.29) is 12.1 Å². The van der Waals surface area contributed by atoms with Gasteiger partial charge in [-0.15, -0.1) is 0 Å². The van der Waals surface area contributed by atoms with E-state index in [0.29, 0.717) is 17.2 Å². The van der Waals surface area contributed by atoms with Gasteiger partial charge in [0.25, 0.3) is 0 Å². The molecule has 1 aliphatic rings. The molecule has 1 aliphatic carbocycles. The zero-order chi connectivity index (χ0) is 13.1. The molecule has 0 bridgehead atoms. The molecule has 0 spiro atoms. The van der Waals surface area contributed by atoms with E-state index in [1.54, 1.807) is 12.1 Å². The molecule has 1 aromatic rings. The van der Waals surface area contributed by atoms with Crippen molar-refractivity contribution in [3.63, 3.8) is 0 Å². The van der Waals surface area contributed by atoms with Crippen LogP contribution < -0.4 is 5.73 Å². The first kappa shape index (κ1) is 13.4. The summed E-state index contributed by atoms with van der Waals surface area (Å²) in [5, 5.41) is 0. The molecule has 2 atom stereocenters. The van der Waals surface area contributed by atoms with Gasteiger partial charge in [-0.25, -0.2) is 4.79 Å². The normalized spacial score (nSPS) is 23.7. The topological polar surface area (TPSA) is 52.3 Å². The van der Waals surface area contributed by atoms with E-state index in [1.165, 1.54) is 6.42 Å². The van der Waals surface area contributed by atoms with E-state index >= 15 is 0 Å². The fourth-order valence-electron chi connectivity index (χ4n) is 2.42. The van der Waals surface area contributed by atoms with Crippen molar-refractivity contribution in [3.8, 4) is 0 Å². The molecule has 0 aromatic heterocycles. The van der Waals surface area contributed by atoms with Crippen LogP contribution in [0.2, 0.25) is 0 Å². The molecular formula is C14H18BrNO2. The molecule has 1 saturated carbocycles. The Morgan fingerprint density at radius 3 is 2.94 bits per heavy atom. The Hall–Kier alpha value is -1.03. The summed E-state index contributed by atoms with van der Waals surface area (Å²) in [4.78, 5) is 12.1. The van der Waals surface area contributed by atoms with E-state index in [2.05, 4.69) is 22.9 Å². The summed E-state index contributed by atoms with van der Waals surface area (Å²) in [6.07, 6.45) is 4.32. The molecule has 0 amide bonds. The van der Waals surface area contributed by atoms with E-state index in [4.69, 9.17) is 10.5 Å². The quantitative estimate of drug-likeness (QED) is 0.668. The number of benzene rings is 1. The summed E-state index contributed by atoms with van der Waals surface area (Å²) in [7, 11) is 0. The van der Waals surface area contributed by atoms with Crippen LogP contribution in [-0.4, -0.2) is 12.1 Å². The van der Waals surface area contributed by atoms with Crippen LogP contribution >= 0.6 is 15.9 Å². The number of nitrogen functional groups attached to an aromatic ring is 1. The van der Waals surface area contributed by atoms with Crippen LogP contribution in [0.3, 0.4) is 0 Å². The number of nitrogens with two attached hydrogens (primary N) is 1. The maximum Gasteiger partial charge on any atom is 0.340 e. The van der Waals surface area contributed by atoms with Crippen LogP contribution in [0.15, 0.2) is 22.7 Å². The third-order valence-corrected chi connectivity index (χ3v) is 4.13. The zero-order valence-electron chi connectivity index (χ0n) is 10.5. The van der Waals surface area contributed by atoms with Crippen LogP contribution in [0.1, 0.15) is 43.0 Å². The van der Waals surface area contributed by atoms with E-state index in [0.717, 1.165) is 23.7 Å². The predicted molar refractivity (Wildman–Crippen MR) is 75.4 cm³/mol. The third kappa shape index (κ3) is 3.05. The second-order valence-electron chi connectivity index (χ2n) is 5.00. The standard InChI is InChI=1S/C14H18BrNO2/c1-9-4-2-5-10(8-9)18-14(17)11-6-3-7-12(15)13(11)16/h3,6-7,9-10H,2,4-5,8,16H2,1H3. The number of rotatable bonds is 2. The van der Waals surface area contributed by atoms with Gasteiger partial charge >= 0.3 is 5.97 Å². The van der Waals surface area contributed by atoms with Crippen molar-refractivity contribution in [1.82, 2.24) is 0 Å². The van der Waals surface area contributed by atoms with Crippen molar-refractivity contribution in [2.75, 3.05) is 5.73 Å². The van der Waals surface area contributed by atoms with Gasteiger partial charge in [-0.2, -0.15) is 0 Å². The smallest absolute Gasteiger partial charge is 0.340 e. The Morgan fingerprint density at radius 2 is 2.22 bits per heavy atom. The first-order valence-electron chi connectivity index (χ1n) is 6.33. The van der Waals surface area contributed by atoms with E-state index in [9.17, 15) is 4.79 Å². The molecule has 2 N–H and O–H groups in total. The van der Waals surface area contributed by atoms with Gasteiger partial charge in [-0.1, -0.05) is 19.4 Å². The van der Waals surface area contributed by atoms with Gasteiger partial charge in [0.1, 0.15) is 6.10 Å². The molecule has 2 rings (SSSR count). The van der Waals surface area contributed by atoms with Crippen LogP contribution in [0.5, 0.6) is 0 Å². The van der Waals surface area contributed by atoms with Gasteiger partial charge < -0.3 is 10.5 Å². The average molecular weight is 312 g/mol. The van der Waals surface area contributed by atoms with Gasteiger partial charge in [0.15, 0.2) is 0 Å². The molecule has 98 valence electrons. The largest absolute Gasteiger partial charge is 0.459 e. The third-order valence-electron chi connectivity index (χ3n) is 3.43. The van der Waals surface area contributed by atoms with Crippen molar-refractivity contribution >= 4 is 27.6 Å². The SMILES string of the molecule is CC1CCCC(OC(=O)c2cccc(Br)c2N)C1. The van der Waals surface area contributed by atoms with Crippen LogP contribution in [0.4, 0.5) is 5.69 Å². The lowest BCUT2D eigenvalue weighted by molar-refractivity contribution is 0.0156. The monoisotopic (exact) mass is 311 g/mol. The Kier molecular flexibility index (Phi) is 4.27. The average Bonchev–Trinajstić information content (AvgIpc) is 2.32. The first-order valence-corrected chi connectivity index (χ1v) is 7.12. The molecule has 1 aromatic carbocycles. The van der Waals surface area contributed by atoms with Crippen molar-refractivity contribution in [1.29, 1.82) is 0 Å². The number of halogens is 1. The first-order chi connectivity index (χ1) is 8.58. The van der Waals surface area contributed by atoms with Crippen LogP contribution in [0, 0.1) is 5.92 Å². The molecule has 3 nitrogen and oxygen atoms in total. The highest BCUT2D eigenvalue weighted by atomic mass is 79.9. The Morgan fingerprint density at radius 1 is 1.44 bits per heavy atom. The molecular weight excluding hydrogens is 294 g/mol. The lowest BCUT2D eigenvalue weighted by atomic mass is 9.89. The zero-order valence-corrected chi connectivity index (χ0v) is 12.1. The maximum absolute atomic E-state index is 12.1. The molecule has 4 heteroatoms. The summed E-state index contributed by atoms with van der Waals surface area (Å²) in [6, 6.07) is 5.31. The second-order valence-corrected chi connectivity index (χ2v) is 5.85. The summed E-state index contributed by atoms with van der Waals surface area (Å²) in [5.41, 5.74) is 6.77.